The molecule has 4 amide bonds. The zero-order valence-electron chi connectivity index (χ0n) is 20.9. The molecule has 0 aromatic heterocycles. The molecule has 3 atom stereocenters. The van der Waals surface area contributed by atoms with Gasteiger partial charge < -0.3 is 25.6 Å². The van der Waals surface area contributed by atoms with E-state index < -0.39 is 68.9 Å². The van der Waals surface area contributed by atoms with Gasteiger partial charge in [0.2, 0.25) is 17.6 Å². The molecular formula is C22H36N4O8S. The Kier molecular flexibility index (Phi) is 10.9. The van der Waals surface area contributed by atoms with Crippen molar-refractivity contribution >= 4 is 39.4 Å². The monoisotopic (exact) mass is 516 g/mol. The Morgan fingerprint density at radius 2 is 1.80 bits per heavy atom. The van der Waals surface area contributed by atoms with Crippen molar-refractivity contribution in [3.8, 4) is 0 Å². The van der Waals surface area contributed by atoms with E-state index in [-0.39, 0.29) is 25.9 Å². The summed E-state index contributed by atoms with van der Waals surface area (Å²) >= 11 is 0. The van der Waals surface area contributed by atoms with Crippen molar-refractivity contribution in [1.29, 1.82) is 0 Å². The van der Waals surface area contributed by atoms with E-state index in [0.717, 1.165) is 11.2 Å². The molecule has 0 saturated carbocycles. The zero-order valence-corrected chi connectivity index (χ0v) is 21.7. The van der Waals surface area contributed by atoms with Gasteiger partial charge in [-0.2, -0.15) is 0 Å². The lowest BCUT2D eigenvalue weighted by Gasteiger charge is -2.26. The first-order valence-electron chi connectivity index (χ1n) is 11.3. The number of likely N-dealkylation sites (tertiary alicyclic amines) is 1. The minimum absolute atomic E-state index is 0.0724. The van der Waals surface area contributed by atoms with Gasteiger partial charge in [-0.1, -0.05) is 19.4 Å². The molecule has 3 N–H and O–H groups in total. The van der Waals surface area contributed by atoms with Gasteiger partial charge in [0.15, 0.2) is 9.84 Å². The minimum Gasteiger partial charge on any atom is -0.444 e. The van der Waals surface area contributed by atoms with Gasteiger partial charge in [-0.3, -0.25) is 19.2 Å². The van der Waals surface area contributed by atoms with Gasteiger partial charge in [0.1, 0.15) is 18.2 Å². The molecule has 0 aromatic carbocycles. The van der Waals surface area contributed by atoms with Crippen LogP contribution in [-0.4, -0.2) is 91.7 Å². The van der Waals surface area contributed by atoms with Crippen molar-refractivity contribution in [2.24, 2.45) is 0 Å². The van der Waals surface area contributed by atoms with Crippen LogP contribution in [0.2, 0.25) is 0 Å². The molecule has 1 heterocycles. The average Bonchev–Trinajstić information content (AvgIpc) is 3.20. The molecule has 1 fully saturated rings. The third-order valence-electron chi connectivity index (χ3n) is 5.12. The van der Waals surface area contributed by atoms with Gasteiger partial charge in [-0.15, -0.1) is 6.58 Å². The number of amides is 4. The molecule has 2 unspecified atom stereocenters. The van der Waals surface area contributed by atoms with Crippen molar-refractivity contribution < 1.29 is 37.1 Å². The first kappa shape index (κ1) is 30.1. The molecule has 13 heteroatoms. The van der Waals surface area contributed by atoms with Crippen LogP contribution < -0.4 is 16.0 Å². The molecule has 0 spiro atoms. The number of hydrogen-bond acceptors (Lipinski definition) is 8. The topological polar surface area (TPSA) is 168 Å². The van der Waals surface area contributed by atoms with Crippen molar-refractivity contribution in [2.45, 2.75) is 69.9 Å². The van der Waals surface area contributed by atoms with Crippen LogP contribution in [0.5, 0.6) is 0 Å². The fourth-order valence-corrected chi connectivity index (χ4v) is 4.39. The van der Waals surface area contributed by atoms with Gasteiger partial charge in [0, 0.05) is 19.3 Å². The van der Waals surface area contributed by atoms with E-state index in [0.29, 0.717) is 6.42 Å². The van der Waals surface area contributed by atoms with Crippen LogP contribution in [0, 0.1) is 0 Å². The fraction of sp³-hybridized carbons (Fsp3) is 0.682. The number of ether oxygens (including phenoxy) is 1. The average molecular weight is 517 g/mol. The third kappa shape index (κ3) is 9.67. The van der Waals surface area contributed by atoms with Crippen LogP contribution in [0.15, 0.2) is 12.7 Å². The Hall–Kier alpha value is -2.96. The number of nitrogens with zero attached hydrogens (tertiary/aromatic N) is 1. The molecule has 0 aliphatic carbocycles. The number of Topliss-reactive ketones (excluding diaryl/α,β-unsaturated/α-hetero) is 1. The largest absolute Gasteiger partial charge is 0.444 e. The predicted molar refractivity (Wildman–Crippen MR) is 128 cm³/mol. The van der Waals surface area contributed by atoms with E-state index in [1.54, 1.807) is 27.7 Å². The van der Waals surface area contributed by atoms with E-state index in [9.17, 15) is 32.4 Å². The second kappa shape index (κ2) is 12.7. The van der Waals surface area contributed by atoms with E-state index in [1.807, 2.05) is 0 Å². The molecule has 1 aliphatic rings. The molecule has 0 bridgehead atoms. The zero-order chi connectivity index (χ0) is 27.0. The summed E-state index contributed by atoms with van der Waals surface area (Å²) in [4.78, 5) is 63.4. The van der Waals surface area contributed by atoms with Crippen molar-refractivity contribution in [1.82, 2.24) is 20.9 Å². The number of sulfone groups is 1. The highest BCUT2D eigenvalue weighted by atomic mass is 32.2. The lowest BCUT2D eigenvalue weighted by atomic mass is 10.1. The van der Waals surface area contributed by atoms with Crippen molar-refractivity contribution in [2.75, 3.05) is 25.9 Å². The Morgan fingerprint density at radius 3 is 2.31 bits per heavy atom. The summed E-state index contributed by atoms with van der Waals surface area (Å²) in [6, 6.07) is -2.35. The summed E-state index contributed by atoms with van der Waals surface area (Å²) in [5, 5.41) is 6.15. The highest BCUT2D eigenvalue weighted by molar-refractivity contribution is 7.91. The lowest BCUT2D eigenvalue weighted by Crippen LogP contribution is -2.54. The Morgan fingerprint density at radius 1 is 1.17 bits per heavy atom. The van der Waals surface area contributed by atoms with Crippen LogP contribution in [0.25, 0.3) is 0 Å². The maximum atomic E-state index is 13.1. The van der Waals surface area contributed by atoms with E-state index in [2.05, 4.69) is 22.5 Å². The van der Waals surface area contributed by atoms with Gasteiger partial charge >= 0.3 is 6.09 Å². The molecule has 12 nitrogen and oxygen atoms in total. The van der Waals surface area contributed by atoms with Crippen LogP contribution >= 0.6 is 0 Å². The standard InChI is InChI=1S/C22H36N4O8S/c1-7-9-15(18(28)20(30)23-10-8-2)25-19(29)16-11-14(35(6,32)33)13-26(16)17(27)12-24-21(31)34-22(3,4)5/h8,14-16H,2,7,9-13H2,1,3-6H3,(H,23,30)(H,24,31)(H,25,29)/t14?,15?,16-/m0/s1. The summed E-state index contributed by atoms with van der Waals surface area (Å²) in [5.74, 6) is -3.20. The number of ketones is 1. The number of hydrogen-bond donors (Lipinski definition) is 3. The lowest BCUT2D eigenvalue weighted by molar-refractivity contribution is -0.142. The summed E-state index contributed by atoms with van der Waals surface area (Å²) in [6.07, 6.45) is 2.03. The van der Waals surface area contributed by atoms with Crippen molar-refractivity contribution in [3.63, 3.8) is 0 Å². The first-order valence-corrected chi connectivity index (χ1v) is 13.2. The fourth-order valence-electron chi connectivity index (χ4n) is 3.43. The second-order valence-corrected chi connectivity index (χ2v) is 11.6. The van der Waals surface area contributed by atoms with Crippen LogP contribution in [0.3, 0.4) is 0 Å². The van der Waals surface area contributed by atoms with E-state index >= 15 is 0 Å². The molecule has 198 valence electrons. The van der Waals surface area contributed by atoms with Crippen molar-refractivity contribution in [3.05, 3.63) is 12.7 Å². The van der Waals surface area contributed by atoms with Crippen LogP contribution in [-0.2, 0) is 33.8 Å². The quantitative estimate of drug-likeness (QED) is 0.248. The number of nitrogens with one attached hydrogen (secondary N) is 3. The normalized spacial score (nSPS) is 18.8. The number of carbonyl (C=O) groups is 5. The summed E-state index contributed by atoms with van der Waals surface area (Å²) in [6.45, 7) is 9.47. The second-order valence-electron chi connectivity index (χ2n) is 9.32. The highest BCUT2D eigenvalue weighted by Gasteiger charge is 2.44. The Balaban J connectivity index is 3.01. The molecule has 1 aliphatic heterocycles. The summed E-state index contributed by atoms with van der Waals surface area (Å²) < 4.78 is 29.4. The molecular weight excluding hydrogens is 480 g/mol. The third-order valence-corrected chi connectivity index (χ3v) is 6.67. The van der Waals surface area contributed by atoms with Crippen LogP contribution in [0.1, 0.15) is 47.0 Å². The van der Waals surface area contributed by atoms with Gasteiger partial charge in [-0.25, -0.2) is 13.2 Å². The van der Waals surface area contributed by atoms with Crippen LogP contribution in [0.4, 0.5) is 4.79 Å². The SMILES string of the molecule is C=CCNC(=O)C(=O)C(CCC)NC(=O)[C@@H]1CC(S(C)(=O)=O)CN1C(=O)CNC(=O)OC(C)(C)C. The molecule has 1 saturated heterocycles. The smallest absolute Gasteiger partial charge is 0.408 e. The molecule has 35 heavy (non-hydrogen) atoms. The summed E-state index contributed by atoms with van der Waals surface area (Å²) in [5.41, 5.74) is -0.788. The Labute approximate surface area is 206 Å². The maximum Gasteiger partial charge on any atom is 0.408 e. The van der Waals surface area contributed by atoms with E-state index in [4.69, 9.17) is 4.74 Å². The highest BCUT2D eigenvalue weighted by Crippen LogP contribution is 2.24. The number of alkyl carbamates (subject to hydrolysis) is 1. The maximum absolute atomic E-state index is 13.1. The van der Waals surface area contributed by atoms with Gasteiger partial charge in [-0.05, 0) is 33.6 Å². The molecule has 1 rings (SSSR count). The molecule has 0 aromatic rings. The Bertz CT molecular complexity index is 942. The summed E-state index contributed by atoms with van der Waals surface area (Å²) in [7, 11) is -3.60. The van der Waals surface area contributed by atoms with E-state index in [1.165, 1.54) is 6.08 Å². The number of rotatable bonds is 11. The van der Waals surface area contributed by atoms with Gasteiger partial charge in [0.05, 0.1) is 11.3 Å². The number of carbonyl (C=O) groups excluding carboxylic acids is 5. The first-order chi connectivity index (χ1) is 16.1. The molecule has 0 radical (unpaired) electrons. The minimum atomic E-state index is -3.60. The predicted octanol–water partition coefficient (Wildman–Crippen LogP) is -0.319. The van der Waals surface area contributed by atoms with Gasteiger partial charge in [0.25, 0.3) is 5.91 Å².